The van der Waals surface area contributed by atoms with Gasteiger partial charge in [0.05, 0.1) is 28.2 Å². The molecule has 4 rings (SSSR count). The molecule has 0 N–H and O–H groups in total. The summed E-state index contributed by atoms with van der Waals surface area (Å²) in [6, 6.07) is 17.3. The van der Waals surface area contributed by atoms with Gasteiger partial charge < -0.3 is 4.74 Å². The highest BCUT2D eigenvalue weighted by molar-refractivity contribution is 8.26. The molecule has 1 aliphatic rings. The summed E-state index contributed by atoms with van der Waals surface area (Å²) >= 11 is 13.2. The molecule has 0 bridgehead atoms. The fourth-order valence-corrected chi connectivity index (χ4v) is 4.65. The number of thiocarbonyl (C=S) groups is 1. The number of benzene rings is 2. The second-order valence-corrected chi connectivity index (χ2v) is 8.56. The smallest absolute Gasteiger partial charge is 0.266 e. The van der Waals surface area contributed by atoms with Gasteiger partial charge in [-0.15, -0.1) is 0 Å². The normalized spacial score (nSPS) is 15.5. The number of thioether (sulfide) groups is 1. The van der Waals surface area contributed by atoms with Gasteiger partial charge in [-0.1, -0.05) is 65.9 Å². The topological polar surface area (TPSA) is 42.4 Å². The lowest BCUT2D eigenvalue weighted by Gasteiger charge is -2.14. The largest absolute Gasteiger partial charge is 0.497 e. The summed E-state index contributed by atoms with van der Waals surface area (Å²) in [7, 11) is 1.61. The Bertz CT molecular complexity index is 1130. The molecule has 2 aromatic carbocycles. The average molecular weight is 441 g/mol. The van der Waals surface area contributed by atoms with Crippen LogP contribution in [0.3, 0.4) is 0 Å². The zero-order valence-corrected chi connectivity index (χ0v) is 18.0. The second kappa shape index (κ2) is 8.53. The Kier molecular flexibility index (Phi) is 5.85. The van der Waals surface area contributed by atoms with E-state index in [1.54, 1.807) is 24.2 Å². The molecule has 0 saturated carbocycles. The Hall–Kier alpha value is -2.41. The molecule has 0 spiro atoms. The molecule has 0 radical (unpaired) electrons. The van der Waals surface area contributed by atoms with Crippen LogP contribution < -0.4 is 4.74 Å². The van der Waals surface area contributed by atoms with Crippen molar-refractivity contribution < 1.29 is 9.53 Å². The van der Waals surface area contributed by atoms with Gasteiger partial charge in [0.2, 0.25) is 0 Å². The molecule has 2 heterocycles. The van der Waals surface area contributed by atoms with Gasteiger partial charge >= 0.3 is 0 Å². The second-order valence-electron chi connectivity index (χ2n) is 6.48. The third-order valence-corrected chi connectivity index (χ3v) is 6.30. The van der Waals surface area contributed by atoms with E-state index in [4.69, 9.17) is 28.6 Å². The lowest BCUT2D eigenvalue weighted by molar-refractivity contribution is -0.122. The highest BCUT2D eigenvalue weighted by atomic mass is 35.5. The maximum atomic E-state index is 12.8. The van der Waals surface area contributed by atoms with Crippen LogP contribution in [0.5, 0.6) is 5.75 Å². The van der Waals surface area contributed by atoms with Gasteiger partial charge in [0.1, 0.15) is 10.1 Å². The average Bonchev–Trinajstić information content (AvgIpc) is 2.99. The molecule has 1 amide bonds. The predicted octanol–water partition coefficient (Wildman–Crippen LogP) is 5.34. The van der Waals surface area contributed by atoms with E-state index in [-0.39, 0.29) is 5.91 Å². The number of nitrogens with zero attached hydrogens (tertiary/aromatic N) is 2. The lowest BCUT2D eigenvalue weighted by Crippen LogP contribution is -2.30. The summed E-state index contributed by atoms with van der Waals surface area (Å²) in [5, 5.41) is 1.36. The SMILES string of the molecule is COc1ccc2nc(/C=C3\SC(=S)N(CCc4ccccc4)C3=O)cc(Cl)c2c1. The van der Waals surface area contributed by atoms with Crippen molar-refractivity contribution in [2.75, 3.05) is 13.7 Å². The van der Waals surface area contributed by atoms with E-state index in [1.165, 1.54) is 17.3 Å². The van der Waals surface area contributed by atoms with Crippen molar-refractivity contribution in [1.82, 2.24) is 9.88 Å². The third kappa shape index (κ3) is 4.29. The number of halogens is 1. The van der Waals surface area contributed by atoms with Crippen LogP contribution in [-0.4, -0.2) is 33.8 Å². The molecular weight excluding hydrogens is 424 g/mol. The molecule has 29 heavy (non-hydrogen) atoms. The summed E-state index contributed by atoms with van der Waals surface area (Å²) in [5.74, 6) is 0.622. The first kappa shape index (κ1) is 19.9. The van der Waals surface area contributed by atoms with Crippen LogP contribution in [0.25, 0.3) is 17.0 Å². The zero-order valence-electron chi connectivity index (χ0n) is 15.6. The first-order valence-electron chi connectivity index (χ1n) is 8.99. The molecule has 1 aliphatic heterocycles. The van der Waals surface area contributed by atoms with Crippen molar-refractivity contribution >= 4 is 62.8 Å². The van der Waals surface area contributed by atoms with Gasteiger partial charge in [-0.2, -0.15) is 0 Å². The standard InChI is InChI=1S/C22H17ClN2O2S2/c1-27-16-7-8-19-17(13-16)18(23)11-15(24-19)12-20-21(26)25(22(28)29-20)10-9-14-5-3-2-4-6-14/h2-8,11-13H,9-10H2,1H3/b20-12-. The Morgan fingerprint density at radius 3 is 2.76 bits per heavy atom. The number of carbonyl (C=O) groups is 1. The molecule has 0 aliphatic carbocycles. The number of rotatable bonds is 5. The van der Waals surface area contributed by atoms with Gasteiger partial charge in [-0.25, -0.2) is 4.98 Å². The van der Waals surface area contributed by atoms with Gasteiger partial charge in [-0.05, 0) is 42.3 Å². The van der Waals surface area contributed by atoms with Crippen molar-refractivity contribution in [3.63, 3.8) is 0 Å². The number of ether oxygens (including phenoxy) is 1. The summed E-state index contributed by atoms with van der Waals surface area (Å²) in [5.41, 5.74) is 2.53. The Balaban J connectivity index is 1.56. The maximum absolute atomic E-state index is 12.8. The summed E-state index contributed by atoms with van der Waals surface area (Å²) in [6.45, 7) is 0.553. The number of methoxy groups -OCH3 is 1. The van der Waals surface area contributed by atoms with Crippen LogP contribution in [0.15, 0.2) is 59.5 Å². The van der Waals surface area contributed by atoms with Crippen LogP contribution >= 0.6 is 35.6 Å². The monoisotopic (exact) mass is 440 g/mol. The van der Waals surface area contributed by atoms with Crippen LogP contribution in [0, 0.1) is 0 Å². The van der Waals surface area contributed by atoms with Gasteiger partial charge in [-0.3, -0.25) is 9.69 Å². The Morgan fingerprint density at radius 2 is 2.00 bits per heavy atom. The third-order valence-electron chi connectivity index (χ3n) is 4.60. The number of carbonyl (C=O) groups excluding carboxylic acids is 1. The molecule has 1 saturated heterocycles. The fourth-order valence-electron chi connectivity index (χ4n) is 3.10. The minimum absolute atomic E-state index is 0.0938. The molecule has 146 valence electrons. The first-order chi connectivity index (χ1) is 14.0. The summed E-state index contributed by atoms with van der Waals surface area (Å²) in [4.78, 5) is 19.7. The van der Waals surface area contributed by atoms with Crippen LogP contribution in [0.2, 0.25) is 5.02 Å². The van der Waals surface area contributed by atoms with Gasteiger partial charge in [0.15, 0.2) is 0 Å². The lowest BCUT2D eigenvalue weighted by atomic mass is 10.1. The van der Waals surface area contributed by atoms with Gasteiger partial charge in [0.25, 0.3) is 5.91 Å². The molecule has 0 unspecified atom stereocenters. The van der Waals surface area contributed by atoms with E-state index >= 15 is 0 Å². The minimum Gasteiger partial charge on any atom is -0.497 e. The molecule has 3 aromatic rings. The number of hydrogen-bond donors (Lipinski definition) is 0. The number of pyridine rings is 1. The summed E-state index contributed by atoms with van der Waals surface area (Å²) in [6.07, 6.45) is 2.50. The number of hydrogen-bond acceptors (Lipinski definition) is 5. The first-order valence-corrected chi connectivity index (χ1v) is 10.6. The van der Waals surface area contributed by atoms with E-state index in [1.807, 2.05) is 48.5 Å². The van der Waals surface area contributed by atoms with Crippen molar-refractivity contribution in [3.8, 4) is 5.75 Å². The molecule has 7 heteroatoms. The minimum atomic E-state index is -0.0938. The zero-order chi connectivity index (χ0) is 20.4. The van der Waals surface area contributed by atoms with E-state index in [0.29, 0.717) is 32.2 Å². The number of fused-ring (bicyclic) bond motifs is 1. The molecule has 1 aromatic heterocycles. The number of aromatic nitrogens is 1. The van der Waals surface area contributed by atoms with Crippen molar-refractivity contribution in [2.24, 2.45) is 0 Å². The predicted molar refractivity (Wildman–Crippen MR) is 123 cm³/mol. The van der Waals surface area contributed by atoms with Crippen molar-refractivity contribution in [1.29, 1.82) is 0 Å². The Labute approximate surface area is 183 Å². The fraction of sp³-hybridized carbons (Fsp3) is 0.136. The van der Waals surface area contributed by atoms with Crippen LogP contribution in [0.1, 0.15) is 11.3 Å². The van der Waals surface area contributed by atoms with Crippen molar-refractivity contribution in [3.05, 3.63) is 75.8 Å². The van der Waals surface area contributed by atoms with Crippen LogP contribution in [0.4, 0.5) is 0 Å². The van der Waals surface area contributed by atoms with E-state index in [0.717, 1.165) is 17.3 Å². The Morgan fingerprint density at radius 1 is 1.21 bits per heavy atom. The number of amides is 1. The molecular formula is C22H17ClN2O2S2. The quantitative estimate of drug-likeness (QED) is 0.395. The van der Waals surface area contributed by atoms with E-state index in [9.17, 15) is 4.79 Å². The van der Waals surface area contributed by atoms with Gasteiger partial charge in [0, 0.05) is 11.9 Å². The maximum Gasteiger partial charge on any atom is 0.266 e. The van der Waals surface area contributed by atoms with Crippen molar-refractivity contribution in [2.45, 2.75) is 6.42 Å². The highest BCUT2D eigenvalue weighted by Gasteiger charge is 2.31. The summed E-state index contributed by atoms with van der Waals surface area (Å²) < 4.78 is 5.81. The van der Waals surface area contributed by atoms with E-state index in [2.05, 4.69) is 4.98 Å². The highest BCUT2D eigenvalue weighted by Crippen LogP contribution is 2.34. The van der Waals surface area contributed by atoms with Crippen LogP contribution in [-0.2, 0) is 11.2 Å². The molecule has 4 nitrogen and oxygen atoms in total. The molecule has 1 fully saturated rings. The van der Waals surface area contributed by atoms with E-state index < -0.39 is 0 Å². The molecule has 0 atom stereocenters.